The minimum absolute atomic E-state index is 0.0387. The van der Waals surface area contributed by atoms with Crippen molar-refractivity contribution in [2.24, 2.45) is 0 Å². The van der Waals surface area contributed by atoms with Gasteiger partial charge >= 0.3 is 0 Å². The summed E-state index contributed by atoms with van der Waals surface area (Å²) in [5.41, 5.74) is 0.646. The Morgan fingerprint density at radius 1 is 1.25 bits per heavy atom. The van der Waals surface area contributed by atoms with Crippen LogP contribution in [0.1, 0.15) is 38.8 Å². The van der Waals surface area contributed by atoms with Crippen molar-refractivity contribution < 1.29 is 10.2 Å². The summed E-state index contributed by atoms with van der Waals surface area (Å²) in [6, 6.07) is 5.58. The van der Waals surface area contributed by atoms with Crippen molar-refractivity contribution in [3.8, 4) is 11.5 Å². The Labute approximate surface area is 121 Å². The number of phenols is 2. The first kappa shape index (κ1) is 15.1. The molecule has 4 heteroatoms. The lowest BCUT2D eigenvalue weighted by Crippen LogP contribution is -2.37. The van der Waals surface area contributed by atoms with Gasteiger partial charge in [0.25, 0.3) is 0 Å². The molecule has 4 nitrogen and oxygen atoms in total. The Kier molecular flexibility index (Phi) is 4.89. The SMILES string of the molecule is CCN(CC)C1CCN(C(C)c2c(O)cccc2O)C1. The van der Waals surface area contributed by atoms with E-state index in [9.17, 15) is 10.2 Å². The second-order valence-corrected chi connectivity index (χ2v) is 5.54. The molecule has 1 saturated heterocycles. The molecule has 1 aromatic rings. The summed E-state index contributed by atoms with van der Waals surface area (Å²) in [5, 5.41) is 20.0. The molecule has 0 aromatic heterocycles. The third-order valence-corrected chi connectivity index (χ3v) is 4.55. The summed E-state index contributed by atoms with van der Waals surface area (Å²) in [6.07, 6.45) is 1.15. The number of nitrogens with zero attached hydrogens (tertiary/aromatic N) is 2. The van der Waals surface area contributed by atoms with Gasteiger partial charge in [-0.2, -0.15) is 0 Å². The summed E-state index contributed by atoms with van der Waals surface area (Å²) in [4.78, 5) is 4.83. The van der Waals surface area contributed by atoms with Gasteiger partial charge in [-0.05, 0) is 38.6 Å². The van der Waals surface area contributed by atoms with Crippen LogP contribution >= 0.6 is 0 Å². The first-order valence-corrected chi connectivity index (χ1v) is 7.57. The fourth-order valence-corrected chi connectivity index (χ4v) is 3.31. The van der Waals surface area contributed by atoms with Crippen molar-refractivity contribution in [1.29, 1.82) is 0 Å². The Morgan fingerprint density at radius 3 is 2.40 bits per heavy atom. The number of benzene rings is 1. The van der Waals surface area contributed by atoms with E-state index in [1.807, 2.05) is 0 Å². The van der Waals surface area contributed by atoms with E-state index in [0.29, 0.717) is 11.6 Å². The molecule has 20 heavy (non-hydrogen) atoms. The van der Waals surface area contributed by atoms with Gasteiger partial charge in [0.15, 0.2) is 0 Å². The van der Waals surface area contributed by atoms with Gasteiger partial charge in [-0.3, -0.25) is 9.80 Å². The molecule has 1 aliphatic rings. The first-order chi connectivity index (χ1) is 9.58. The monoisotopic (exact) mass is 278 g/mol. The number of aromatic hydroxyl groups is 2. The highest BCUT2D eigenvalue weighted by Gasteiger charge is 2.31. The Hall–Kier alpha value is -1.26. The third-order valence-electron chi connectivity index (χ3n) is 4.55. The van der Waals surface area contributed by atoms with Crippen LogP contribution in [0.2, 0.25) is 0 Å². The van der Waals surface area contributed by atoms with Crippen LogP contribution in [-0.4, -0.2) is 52.2 Å². The molecule has 0 aliphatic carbocycles. The van der Waals surface area contributed by atoms with E-state index in [1.54, 1.807) is 18.2 Å². The smallest absolute Gasteiger partial charge is 0.124 e. The summed E-state index contributed by atoms with van der Waals surface area (Å²) in [5.74, 6) is 0.368. The number of hydrogen-bond donors (Lipinski definition) is 2. The quantitative estimate of drug-likeness (QED) is 0.869. The molecule has 2 N–H and O–H groups in total. The van der Waals surface area contributed by atoms with Crippen LogP contribution in [0.4, 0.5) is 0 Å². The van der Waals surface area contributed by atoms with E-state index in [-0.39, 0.29) is 17.5 Å². The Balaban J connectivity index is 2.10. The molecule has 1 heterocycles. The van der Waals surface area contributed by atoms with Gasteiger partial charge in [0.05, 0.1) is 5.56 Å². The molecule has 1 aromatic carbocycles. The topological polar surface area (TPSA) is 46.9 Å². The second kappa shape index (κ2) is 6.46. The average molecular weight is 278 g/mol. The van der Waals surface area contributed by atoms with Crippen molar-refractivity contribution >= 4 is 0 Å². The molecule has 1 fully saturated rings. The second-order valence-electron chi connectivity index (χ2n) is 5.54. The van der Waals surface area contributed by atoms with Gasteiger partial charge in [-0.25, -0.2) is 0 Å². The third kappa shape index (κ3) is 2.91. The van der Waals surface area contributed by atoms with Gasteiger partial charge < -0.3 is 10.2 Å². The molecular weight excluding hydrogens is 252 g/mol. The zero-order valence-corrected chi connectivity index (χ0v) is 12.7. The van der Waals surface area contributed by atoms with Crippen molar-refractivity contribution in [2.45, 2.75) is 39.3 Å². The molecule has 1 aliphatic heterocycles. The van der Waals surface area contributed by atoms with Gasteiger partial charge in [0.1, 0.15) is 11.5 Å². The number of likely N-dealkylation sites (N-methyl/N-ethyl adjacent to an activating group) is 1. The van der Waals surface area contributed by atoms with Gasteiger partial charge in [-0.15, -0.1) is 0 Å². The number of rotatable bonds is 5. The van der Waals surface area contributed by atoms with Crippen molar-refractivity contribution in [2.75, 3.05) is 26.2 Å². The van der Waals surface area contributed by atoms with E-state index in [2.05, 4.69) is 30.6 Å². The molecule has 2 atom stereocenters. The van der Waals surface area contributed by atoms with E-state index in [1.165, 1.54) is 0 Å². The summed E-state index contributed by atoms with van der Waals surface area (Å²) in [7, 11) is 0. The fraction of sp³-hybridized carbons (Fsp3) is 0.625. The molecule has 2 unspecified atom stereocenters. The zero-order valence-electron chi connectivity index (χ0n) is 12.7. The summed E-state index contributed by atoms with van der Waals surface area (Å²) < 4.78 is 0. The number of likely N-dealkylation sites (tertiary alicyclic amines) is 1. The van der Waals surface area contributed by atoms with Crippen molar-refractivity contribution in [3.05, 3.63) is 23.8 Å². The van der Waals surface area contributed by atoms with Crippen LogP contribution in [-0.2, 0) is 0 Å². The maximum Gasteiger partial charge on any atom is 0.124 e. The average Bonchev–Trinajstić information content (AvgIpc) is 2.89. The first-order valence-electron chi connectivity index (χ1n) is 7.57. The summed E-state index contributed by atoms with van der Waals surface area (Å²) >= 11 is 0. The highest BCUT2D eigenvalue weighted by atomic mass is 16.3. The normalized spacial score (nSPS) is 21.5. The molecule has 2 rings (SSSR count). The zero-order chi connectivity index (χ0) is 14.7. The van der Waals surface area contributed by atoms with Crippen molar-refractivity contribution in [1.82, 2.24) is 9.80 Å². The van der Waals surface area contributed by atoms with E-state index in [0.717, 1.165) is 32.6 Å². The number of phenolic OH excluding ortho intramolecular Hbond substituents is 2. The maximum atomic E-state index is 9.99. The lowest BCUT2D eigenvalue weighted by Gasteiger charge is -2.29. The molecular formula is C16H26N2O2. The highest BCUT2D eigenvalue weighted by Crippen LogP contribution is 2.37. The van der Waals surface area contributed by atoms with Crippen LogP contribution in [0, 0.1) is 0 Å². The van der Waals surface area contributed by atoms with Crippen LogP contribution in [0.3, 0.4) is 0 Å². The van der Waals surface area contributed by atoms with Crippen LogP contribution in [0.15, 0.2) is 18.2 Å². The number of hydrogen-bond acceptors (Lipinski definition) is 4. The molecule has 0 saturated carbocycles. The maximum absolute atomic E-state index is 9.99. The van der Waals surface area contributed by atoms with Gasteiger partial charge in [0.2, 0.25) is 0 Å². The van der Waals surface area contributed by atoms with Crippen molar-refractivity contribution in [3.63, 3.8) is 0 Å². The minimum atomic E-state index is 0.0387. The van der Waals surface area contributed by atoms with Gasteiger partial charge in [0, 0.05) is 25.2 Å². The largest absolute Gasteiger partial charge is 0.507 e. The van der Waals surface area contributed by atoms with E-state index < -0.39 is 0 Å². The molecule has 112 valence electrons. The predicted molar refractivity (Wildman–Crippen MR) is 81.1 cm³/mol. The van der Waals surface area contributed by atoms with E-state index in [4.69, 9.17) is 0 Å². The van der Waals surface area contributed by atoms with Crippen LogP contribution in [0.25, 0.3) is 0 Å². The minimum Gasteiger partial charge on any atom is -0.507 e. The molecule has 0 amide bonds. The Morgan fingerprint density at radius 2 is 1.85 bits per heavy atom. The lowest BCUT2D eigenvalue weighted by molar-refractivity contribution is 0.191. The molecule has 0 radical (unpaired) electrons. The van der Waals surface area contributed by atoms with E-state index >= 15 is 0 Å². The highest BCUT2D eigenvalue weighted by molar-refractivity contribution is 5.45. The lowest BCUT2D eigenvalue weighted by atomic mass is 10.0. The standard InChI is InChI=1S/C16H26N2O2/c1-4-17(5-2)13-9-10-18(11-13)12(3)16-14(19)7-6-8-15(16)20/h6-8,12-13,19-20H,4-5,9-11H2,1-3H3. The van der Waals surface area contributed by atoms with Crippen LogP contribution < -0.4 is 0 Å². The fourth-order valence-electron chi connectivity index (χ4n) is 3.31. The Bertz CT molecular complexity index is 426. The predicted octanol–water partition coefficient (Wildman–Crippen LogP) is 2.57. The van der Waals surface area contributed by atoms with Gasteiger partial charge in [-0.1, -0.05) is 19.9 Å². The molecule has 0 bridgehead atoms. The van der Waals surface area contributed by atoms with Crippen LogP contribution in [0.5, 0.6) is 11.5 Å². The molecule has 0 spiro atoms. The summed E-state index contributed by atoms with van der Waals surface area (Å²) in [6.45, 7) is 10.6.